The van der Waals surface area contributed by atoms with Gasteiger partial charge in [0.2, 0.25) is 5.91 Å². The molecule has 0 aliphatic carbocycles. The number of alkyl halides is 3. The molecule has 4 atom stereocenters. The maximum atomic E-state index is 14.2. The third-order valence-electron chi connectivity index (χ3n) is 7.93. The van der Waals surface area contributed by atoms with Gasteiger partial charge < -0.3 is 24.4 Å². The molecular weight excluding hydrogens is 663 g/mol. The Morgan fingerprint density at radius 2 is 1.85 bits per heavy atom. The summed E-state index contributed by atoms with van der Waals surface area (Å²) in [6.45, 7) is 5.26. The molecule has 0 fully saturated rings. The van der Waals surface area contributed by atoms with Crippen LogP contribution in [0.3, 0.4) is 0 Å². The molecule has 15 heteroatoms. The number of likely N-dealkylation sites (N-methyl/N-ethyl adjacent to an activating group) is 1. The minimum atomic E-state index is -4.46. The van der Waals surface area contributed by atoms with E-state index in [1.165, 1.54) is 59.3 Å². The minimum Gasteiger partial charge on any atom is -0.490 e. The lowest BCUT2D eigenvalue weighted by molar-refractivity contribution is -0.149. The van der Waals surface area contributed by atoms with Crippen molar-refractivity contribution in [1.82, 2.24) is 9.80 Å². The summed E-state index contributed by atoms with van der Waals surface area (Å²) in [6.07, 6.45) is -5.37. The summed E-state index contributed by atoms with van der Waals surface area (Å²) in [5, 5.41) is 10.5. The van der Waals surface area contributed by atoms with Crippen LogP contribution in [0.15, 0.2) is 47.4 Å². The van der Waals surface area contributed by atoms with E-state index in [0.717, 1.165) is 0 Å². The monoisotopic (exact) mass is 705 g/mol. The van der Waals surface area contributed by atoms with Crippen molar-refractivity contribution in [3.8, 4) is 5.75 Å². The fourth-order valence-electron chi connectivity index (χ4n) is 5.09. The summed E-state index contributed by atoms with van der Waals surface area (Å²) in [5.74, 6) is -1.41. The van der Waals surface area contributed by atoms with E-state index < -0.39 is 65.5 Å². The van der Waals surface area contributed by atoms with Crippen LogP contribution in [-0.4, -0.2) is 92.9 Å². The average Bonchev–Trinajstić information content (AvgIpc) is 3.00. The molecule has 10 nitrogen and oxygen atoms in total. The van der Waals surface area contributed by atoms with E-state index in [1.54, 1.807) is 13.8 Å². The highest BCUT2D eigenvalue weighted by atomic mass is 35.5. The Morgan fingerprint density at radius 3 is 2.49 bits per heavy atom. The Bertz CT molecular complexity index is 1460. The molecule has 262 valence electrons. The van der Waals surface area contributed by atoms with Gasteiger partial charge in [-0.15, -0.1) is 0 Å². The Labute approximate surface area is 279 Å². The molecule has 0 radical (unpaired) electrons. The van der Waals surface area contributed by atoms with Gasteiger partial charge in [0.05, 0.1) is 41.7 Å². The smallest absolute Gasteiger partial charge is 0.389 e. The van der Waals surface area contributed by atoms with Crippen molar-refractivity contribution in [2.75, 3.05) is 38.1 Å². The lowest BCUT2D eigenvalue weighted by Crippen LogP contribution is -2.48. The molecule has 47 heavy (non-hydrogen) atoms. The number of halogens is 4. The van der Waals surface area contributed by atoms with E-state index in [0.29, 0.717) is 30.9 Å². The number of hydrogen-bond acceptors (Lipinski definition) is 7. The highest BCUT2D eigenvalue weighted by molar-refractivity contribution is 7.92. The Hall–Kier alpha value is -3.07. The summed E-state index contributed by atoms with van der Waals surface area (Å²) >= 11 is 5.91. The highest BCUT2D eigenvalue weighted by Crippen LogP contribution is 2.30. The van der Waals surface area contributed by atoms with Crippen LogP contribution in [0.25, 0.3) is 0 Å². The van der Waals surface area contributed by atoms with Crippen LogP contribution in [0.5, 0.6) is 5.75 Å². The zero-order chi connectivity index (χ0) is 34.9. The van der Waals surface area contributed by atoms with Crippen LogP contribution < -0.4 is 9.46 Å². The summed E-state index contributed by atoms with van der Waals surface area (Å²) in [5.41, 5.74) is 0.170. The lowest BCUT2D eigenvalue weighted by atomic mass is 10.0. The molecule has 0 bridgehead atoms. The molecule has 0 saturated heterocycles. The number of hydrogen-bond donors (Lipinski definition) is 2. The van der Waals surface area contributed by atoms with Gasteiger partial charge in [0.25, 0.3) is 15.9 Å². The number of anilines is 1. The van der Waals surface area contributed by atoms with Crippen LogP contribution >= 0.6 is 11.6 Å². The van der Waals surface area contributed by atoms with Crippen LogP contribution in [0, 0.1) is 5.92 Å². The van der Waals surface area contributed by atoms with E-state index in [-0.39, 0.29) is 41.1 Å². The number of nitrogens with one attached hydrogen (secondary N) is 1. The van der Waals surface area contributed by atoms with Gasteiger partial charge in [-0.3, -0.25) is 14.3 Å². The standard InChI is InChI=1S/C32H43ClF3N3O7S/c1-21-18-39(22(2)20-40)31(42)27-17-25(37-47(43,44)26-11-8-24(33)9-12-26)10-13-28(27)46-23(3)7-5-6-16-45-29(21)19-38(4)30(41)14-15-32(34,35)36/h8-13,17,21-23,29,37,40H,5-7,14-16,18-20H2,1-4H3/t21-,22+,23+,29-/m0/s1. The van der Waals surface area contributed by atoms with E-state index in [1.807, 2.05) is 6.92 Å². The number of aliphatic hydroxyl groups excluding tert-OH is 1. The number of ether oxygens (including phenoxy) is 2. The largest absolute Gasteiger partial charge is 0.490 e. The molecule has 2 N–H and O–H groups in total. The van der Waals surface area contributed by atoms with Gasteiger partial charge in [-0.05, 0) is 75.6 Å². The first kappa shape index (κ1) is 38.4. The van der Waals surface area contributed by atoms with Crippen molar-refractivity contribution in [3.63, 3.8) is 0 Å². The molecule has 0 spiro atoms. The van der Waals surface area contributed by atoms with Crippen LogP contribution in [-0.2, 0) is 19.6 Å². The Morgan fingerprint density at radius 1 is 1.17 bits per heavy atom. The zero-order valence-electron chi connectivity index (χ0n) is 26.9. The second-order valence-electron chi connectivity index (χ2n) is 12.0. The molecule has 1 aliphatic heterocycles. The third kappa shape index (κ3) is 11.5. The fourth-order valence-corrected chi connectivity index (χ4v) is 6.26. The number of carbonyl (C=O) groups excluding carboxylic acids is 2. The minimum absolute atomic E-state index is 0.000119. The molecule has 1 aliphatic rings. The molecule has 3 rings (SSSR count). The predicted molar refractivity (Wildman–Crippen MR) is 172 cm³/mol. The van der Waals surface area contributed by atoms with Crippen LogP contribution in [0.4, 0.5) is 18.9 Å². The number of nitrogens with zero attached hydrogens (tertiary/aromatic N) is 2. The van der Waals surface area contributed by atoms with E-state index in [4.69, 9.17) is 21.1 Å². The summed E-state index contributed by atoms with van der Waals surface area (Å²) in [7, 11) is -2.62. The van der Waals surface area contributed by atoms with Gasteiger partial charge >= 0.3 is 6.18 Å². The average molecular weight is 706 g/mol. The normalized spacial score (nSPS) is 20.8. The second-order valence-corrected chi connectivity index (χ2v) is 14.1. The number of aliphatic hydroxyl groups is 1. The number of rotatable bonds is 9. The maximum Gasteiger partial charge on any atom is 0.389 e. The van der Waals surface area contributed by atoms with E-state index >= 15 is 0 Å². The highest BCUT2D eigenvalue weighted by Gasteiger charge is 2.32. The van der Waals surface area contributed by atoms with E-state index in [2.05, 4.69) is 4.72 Å². The van der Waals surface area contributed by atoms with Gasteiger partial charge in [0.1, 0.15) is 5.75 Å². The second kappa shape index (κ2) is 16.8. The van der Waals surface area contributed by atoms with Crippen molar-refractivity contribution in [2.45, 2.75) is 82.2 Å². The number of amides is 2. The van der Waals surface area contributed by atoms with Crippen LogP contribution in [0.1, 0.15) is 63.2 Å². The third-order valence-corrected chi connectivity index (χ3v) is 9.58. The molecular formula is C32H43ClF3N3O7S. The van der Waals surface area contributed by atoms with Crippen molar-refractivity contribution in [1.29, 1.82) is 0 Å². The predicted octanol–water partition coefficient (Wildman–Crippen LogP) is 5.74. The van der Waals surface area contributed by atoms with Gasteiger partial charge in [-0.2, -0.15) is 13.2 Å². The number of fused-ring (bicyclic) bond motifs is 1. The molecule has 1 heterocycles. The molecule has 2 aromatic rings. The van der Waals surface area contributed by atoms with Gasteiger partial charge in [-0.1, -0.05) is 18.5 Å². The number of benzene rings is 2. The first-order valence-corrected chi connectivity index (χ1v) is 17.3. The quantitative estimate of drug-likeness (QED) is 0.341. The number of carbonyl (C=O) groups is 2. The maximum absolute atomic E-state index is 14.2. The molecule has 0 aromatic heterocycles. The SMILES string of the molecule is C[C@@H]1CCCCO[C@@H](CN(C)C(=O)CCC(F)(F)F)[C@@H](C)CN([C@H](C)CO)C(=O)c2cc(NS(=O)(=O)c3ccc(Cl)cc3)ccc2O1. The summed E-state index contributed by atoms with van der Waals surface area (Å²) in [4.78, 5) is 29.3. The molecule has 2 aromatic carbocycles. The van der Waals surface area contributed by atoms with E-state index in [9.17, 15) is 36.3 Å². The van der Waals surface area contributed by atoms with Gasteiger partial charge in [-0.25, -0.2) is 8.42 Å². The molecule has 0 saturated carbocycles. The molecule has 0 unspecified atom stereocenters. The molecule has 2 amide bonds. The summed E-state index contributed by atoms with van der Waals surface area (Å²) in [6, 6.07) is 9.30. The fraction of sp³-hybridized carbons (Fsp3) is 0.562. The zero-order valence-corrected chi connectivity index (χ0v) is 28.5. The Balaban J connectivity index is 1.95. The van der Waals surface area contributed by atoms with Crippen molar-refractivity contribution in [2.24, 2.45) is 5.92 Å². The first-order valence-electron chi connectivity index (χ1n) is 15.4. The first-order chi connectivity index (χ1) is 22.0. The van der Waals surface area contributed by atoms with Crippen molar-refractivity contribution < 1.29 is 45.8 Å². The summed E-state index contributed by atoms with van der Waals surface area (Å²) < 4.78 is 79.2. The lowest BCUT2D eigenvalue weighted by Gasteiger charge is -2.36. The van der Waals surface area contributed by atoms with Crippen molar-refractivity contribution in [3.05, 3.63) is 53.1 Å². The Kier molecular flexibility index (Phi) is 13.8. The van der Waals surface area contributed by atoms with Crippen molar-refractivity contribution >= 4 is 39.1 Å². The number of sulfonamides is 1. The van der Waals surface area contributed by atoms with Crippen LogP contribution in [0.2, 0.25) is 5.02 Å². The topological polar surface area (TPSA) is 125 Å². The van der Waals surface area contributed by atoms with Gasteiger partial charge in [0.15, 0.2) is 0 Å². The van der Waals surface area contributed by atoms with Gasteiger partial charge in [0, 0.05) is 49.8 Å².